The minimum absolute atomic E-state index is 0.0928. The second-order valence-corrected chi connectivity index (χ2v) is 7.14. The first-order chi connectivity index (χ1) is 13.7. The zero-order valence-corrected chi connectivity index (χ0v) is 15.8. The first-order valence-electron chi connectivity index (χ1n) is 9.78. The van der Waals surface area contributed by atoms with Gasteiger partial charge in [-0.15, -0.1) is 0 Å². The van der Waals surface area contributed by atoms with Crippen LogP contribution in [0.15, 0.2) is 48.7 Å². The lowest BCUT2D eigenvalue weighted by molar-refractivity contribution is -0.121. The number of imidazole rings is 1. The van der Waals surface area contributed by atoms with E-state index in [1.165, 1.54) is 12.8 Å². The van der Waals surface area contributed by atoms with Gasteiger partial charge in [-0.25, -0.2) is 4.98 Å². The summed E-state index contributed by atoms with van der Waals surface area (Å²) in [5.41, 5.74) is 1.49. The number of hydrogen-bond donors (Lipinski definition) is 2. The number of nitrogens with zero attached hydrogens (tertiary/aromatic N) is 2. The minimum atomic E-state index is -0.166. The summed E-state index contributed by atoms with van der Waals surface area (Å²) >= 11 is 0. The molecule has 1 aliphatic rings. The Morgan fingerprint density at radius 3 is 2.75 bits per heavy atom. The van der Waals surface area contributed by atoms with Crippen molar-refractivity contribution in [3.8, 4) is 0 Å². The van der Waals surface area contributed by atoms with E-state index in [1.54, 1.807) is 6.07 Å². The van der Waals surface area contributed by atoms with Gasteiger partial charge in [-0.05, 0) is 35.7 Å². The predicted molar refractivity (Wildman–Crippen MR) is 108 cm³/mol. The number of rotatable bonds is 6. The third kappa shape index (κ3) is 4.22. The monoisotopic (exact) mass is 376 g/mol. The molecule has 2 amide bonds. The summed E-state index contributed by atoms with van der Waals surface area (Å²) in [5, 5.41) is 7.81. The number of aromatic nitrogens is 2. The van der Waals surface area contributed by atoms with Gasteiger partial charge in [0.1, 0.15) is 5.82 Å². The number of hydrogen-bond acceptors (Lipinski definition) is 3. The van der Waals surface area contributed by atoms with Gasteiger partial charge in [0.25, 0.3) is 5.91 Å². The van der Waals surface area contributed by atoms with Crippen molar-refractivity contribution in [1.82, 2.24) is 20.2 Å². The maximum Gasteiger partial charge on any atom is 0.251 e. The Balaban J connectivity index is 1.23. The molecule has 2 N–H and O–H groups in total. The fourth-order valence-corrected chi connectivity index (χ4v) is 3.56. The zero-order valence-electron chi connectivity index (χ0n) is 15.8. The van der Waals surface area contributed by atoms with E-state index in [-0.39, 0.29) is 18.2 Å². The van der Waals surface area contributed by atoms with E-state index < -0.39 is 0 Å². The van der Waals surface area contributed by atoms with Gasteiger partial charge in [0.2, 0.25) is 5.91 Å². The van der Waals surface area contributed by atoms with E-state index in [1.807, 2.05) is 42.6 Å². The molecule has 6 heteroatoms. The van der Waals surface area contributed by atoms with Crippen molar-refractivity contribution in [3.63, 3.8) is 0 Å². The standard InChI is InChI=1S/C22H24N4O2/c27-21(24-14-19-15-26-12-4-3-7-20(26)25-19)10-11-23-22(28)18-9-8-16-5-1-2-6-17(16)13-18/h1-2,5-6,8-9,13,15H,3-4,7,10-12,14H2,(H,23,28)(H,24,27). The smallest absolute Gasteiger partial charge is 0.251 e. The highest BCUT2D eigenvalue weighted by atomic mass is 16.2. The van der Waals surface area contributed by atoms with Crippen LogP contribution < -0.4 is 10.6 Å². The number of carbonyl (C=O) groups is 2. The van der Waals surface area contributed by atoms with E-state index in [9.17, 15) is 9.59 Å². The predicted octanol–water partition coefficient (Wildman–Crippen LogP) is 2.81. The van der Waals surface area contributed by atoms with Crippen LogP contribution in [0.5, 0.6) is 0 Å². The van der Waals surface area contributed by atoms with Crippen molar-refractivity contribution in [2.45, 2.75) is 38.8 Å². The Morgan fingerprint density at radius 1 is 1.04 bits per heavy atom. The molecule has 0 saturated carbocycles. The van der Waals surface area contributed by atoms with Crippen LogP contribution in [0.25, 0.3) is 10.8 Å². The van der Waals surface area contributed by atoms with Crippen LogP contribution >= 0.6 is 0 Å². The molecule has 0 aliphatic carbocycles. The molecule has 4 rings (SSSR count). The van der Waals surface area contributed by atoms with Gasteiger partial charge in [-0.3, -0.25) is 9.59 Å². The molecule has 1 aromatic heterocycles. The summed E-state index contributed by atoms with van der Waals surface area (Å²) in [6.45, 7) is 1.74. The van der Waals surface area contributed by atoms with E-state index in [0.29, 0.717) is 18.7 Å². The second-order valence-electron chi connectivity index (χ2n) is 7.14. The van der Waals surface area contributed by atoms with Crippen LogP contribution in [-0.4, -0.2) is 27.9 Å². The van der Waals surface area contributed by atoms with Gasteiger partial charge in [-0.1, -0.05) is 30.3 Å². The molecule has 1 aliphatic heterocycles. The molecule has 0 radical (unpaired) electrons. The molecule has 28 heavy (non-hydrogen) atoms. The lowest BCUT2D eigenvalue weighted by Gasteiger charge is -2.11. The number of benzene rings is 2. The summed E-state index contributed by atoms with van der Waals surface area (Å²) in [7, 11) is 0. The Hall–Kier alpha value is -3.15. The van der Waals surface area contributed by atoms with E-state index in [2.05, 4.69) is 20.2 Å². The molecular weight excluding hydrogens is 352 g/mol. The summed E-state index contributed by atoms with van der Waals surface area (Å²) in [6, 6.07) is 13.5. The highest BCUT2D eigenvalue weighted by Gasteiger charge is 2.13. The molecule has 0 saturated heterocycles. The Morgan fingerprint density at radius 2 is 1.89 bits per heavy atom. The fourth-order valence-electron chi connectivity index (χ4n) is 3.56. The maximum atomic E-state index is 12.3. The van der Waals surface area contributed by atoms with Crippen molar-refractivity contribution in [3.05, 3.63) is 65.7 Å². The van der Waals surface area contributed by atoms with Crippen LogP contribution in [0.1, 0.15) is 41.1 Å². The van der Waals surface area contributed by atoms with Gasteiger partial charge in [0, 0.05) is 37.7 Å². The molecule has 3 aromatic rings. The number of fused-ring (bicyclic) bond motifs is 2. The van der Waals surface area contributed by atoms with Crippen LogP contribution in [0.3, 0.4) is 0 Å². The van der Waals surface area contributed by atoms with Crippen LogP contribution in [-0.2, 0) is 24.3 Å². The van der Waals surface area contributed by atoms with Gasteiger partial charge in [0.15, 0.2) is 0 Å². The minimum Gasteiger partial charge on any atom is -0.352 e. The van der Waals surface area contributed by atoms with Crippen molar-refractivity contribution >= 4 is 22.6 Å². The molecule has 0 atom stereocenters. The summed E-state index contributed by atoms with van der Waals surface area (Å²) in [6.07, 6.45) is 5.64. The Labute approximate surface area is 164 Å². The molecule has 2 heterocycles. The van der Waals surface area contributed by atoms with Crippen molar-refractivity contribution in [2.24, 2.45) is 0 Å². The number of amides is 2. The average Bonchev–Trinajstić information content (AvgIpc) is 3.15. The number of aryl methyl sites for hydroxylation is 2. The molecule has 144 valence electrons. The normalized spacial score (nSPS) is 13.1. The van der Waals surface area contributed by atoms with Gasteiger partial charge in [0.05, 0.1) is 12.2 Å². The quantitative estimate of drug-likeness (QED) is 0.695. The second kappa shape index (κ2) is 8.25. The summed E-state index contributed by atoms with van der Waals surface area (Å²) in [5.74, 6) is 0.850. The SMILES string of the molecule is O=C(CCNC(=O)c1ccc2ccccc2c1)NCc1cn2c(n1)CCCC2. The van der Waals surface area contributed by atoms with Gasteiger partial charge < -0.3 is 15.2 Å². The lowest BCUT2D eigenvalue weighted by Crippen LogP contribution is -2.30. The maximum absolute atomic E-state index is 12.3. The molecule has 0 unspecified atom stereocenters. The summed E-state index contributed by atoms with van der Waals surface area (Å²) in [4.78, 5) is 28.9. The number of nitrogens with one attached hydrogen (secondary N) is 2. The van der Waals surface area contributed by atoms with Crippen molar-refractivity contribution in [2.75, 3.05) is 6.54 Å². The molecule has 0 spiro atoms. The molecular formula is C22H24N4O2. The van der Waals surface area contributed by atoms with Crippen molar-refractivity contribution in [1.29, 1.82) is 0 Å². The topological polar surface area (TPSA) is 76.0 Å². The molecule has 0 fully saturated rings. The van der Waals surface area contributed by atoms with E-state index >= 15 is 0 Å². The van der Waals surface area contributed by atoms with Gasteiger partial charge >= 0.3 is 0 Å². The van der Waals surface area contributed by atoms with Crippen LogP contribution in [0.2, 0.25) is 0 Å². The first kappa shape index (κ1) is 18.2. The lowest BCUT2D eigenvalue weighted by atomic mass is 10.1. The molecule has 2 aromatic carbocycles. The van der Waals surface area contributed by atoms with Crippen LogP contribution in [0, 0.1) is 0 Å². The fraction of sp³-hybridized carbons (Fsp3) is 0.318. The molecule has 0 bridgehead atoms. The number of carbonyl (C=O) groups excluding carboxylic acids is 2. The third-order valence-electron chi connectivity index (χ3n) is 5.07. The highest BCUT2D eigenvalue weighted by molar-refractivity contribution is 5.98. The van der Waals surface area contributed by atoms with Gasteiger partial charge in [-0.2, -0.15) is 0 Å². The first-order valence-corrected chi connectivity index (χ1v) is 9.78. The van der Waals surface area contributed by atoms with E-state index in [4.69, 9.17) is 0 Å². The Bertz CT molecular complexity index is 985. The molecule has 6 nitrogen and oxygen atoms in total. The van der Waals surface area contributed by atoms with Crippen molar-refractivity contribution < 1.29 is 9.59 Å². The largest absolute Gasteiger partial charge is 0.352 e. The zero-order chi connectivity index (χ0) is 19.3. The average molecular weight is 376 g/mol. The van der Waals surface area contributed by atoms with Crippen LogP contribution in [0.4, 0.5) is 0 Å². The highest BCUT2D eigenvalue weighted by Crippen LogP contribution is 2.16. The van der Waals surface area contributed by atoms with E-state index in [0.717, 1.165) is 35.3 Å². The summed E-state index contributed by atoms with van der Waals surface area (Å²) < 4.78 is 2.18. The Kier molecular flexibility index (Phi) is 5.37. The third-order valence-corrected chi connectivity index (χ3v) is 5.07.